The van der Waals surface area contributed by atoms with Gasteiger partial charge in [0.15, 0.2) is 0 Å². The molecule has 1 fully saturated rings. The standard InChI is InChI=1S/C25H29N3O2S/c1-17-7-9-18(10-8-17)11-13-28-22(29)21-15-19-12-14-31-23(19)27(21)16-25(28,2)24(30)26-20-5-3-4-6-20/h7-10,12,14-15,20H,3-6,11,13,16H2,1-2H3,(H,26,30). The van der Waals surface area contributed by atoms with Crippen LogP contribution < -0.4 is 5.32 Å². The van der Waals surface area contributed by atoms with E-state index in [1.54, 1.807) is 11.3 Å². The van der Waals surface area contributed by atoms with Crippen LogP contribution in [-0.4, -0.2) is 39.4 Å². The van der Waals surface area contributed by atoms with Crippen LogP contribution in [-0.2, 0) is 17.8 Å². The first-order valence-corrected chi connectivity index (χ1v) is 12.1. The second kappa shape index (κ2) is 7.83. The summed E-state index contributed by atoms with van der Waals surface area (Å²) in [6.07, 6.45) is 5.12. The summed E-state index contributed by atoms with van der Waals surface area (Å²) in [6.45, 7) is 5.02. The Bertz CT molecular complexity index is 1120. The minimum atomic E-state index is -0.909. The number of nitrogens with one attached hydrogen (secondary N) is 1. The van der Waals surface area contributed by atoms with Gasteiger partial charge < -0.3 is 14.8 Å². The third-order valence-electron chi connectivity index (χ3n) is 6.95. The van der Waals surface area contributed by atoms with Gasteiger partial charge in [-0.05, 0) is 56.2 Å². The largest absolute Gasteiger partial charge is 0.351 e. The minimum Gasteiger partial charge on any atom is -0.351 e. The highest BCUT2D eigenvalue weighted by Gasteiger charge is 2.48. The van der Waals surface area contributed by atoms with Gasteiger partial charge in [0.2, 0.25) is 5.91 Å². The number of amides is 2. The molecule has 1 aliphatic heterocycles. The van der Waals surface area contributed by atoms with Crippen LogP contribution in [0.25, 0.3) is 10.2 Å². The molecule has 0 spiro atoms. The number of benzene rings is 1. The third kappa shape index (κ3) is 3.57. The number of fused-ring (bicyclic) bond motifs is 3. The Labute approximate surface area is 187 Å². The van der Waals surface area contributed by atoms with Crippen molar-refractivity contribution in [2.75, 3.05) is 6.54 Å². The summed E-state index contributed by atoms with van der Waals surface area (Å²) in [5.74, 6) is -0.0773. The summed E-state index contributed by atoms with van der Waals surface area (Å²) >= 11 is 1.63. The fourth-order valence-electron chi connectivity index (χ4n) is 5.01. The lowest BCUT2D eigenvalue weighted by atomic mass is 9.93. The van der Waals surface area contributed by atoms with Gasteiger partial charge in [-0.25, -0.2) is 0 Å². The molecule has 5 rings (SSSR count). The second-order valence-electron chi connectivity index (χ2n) is 9.22. The van der Waals surface area contributed by atoms with Crippen molar-refractivity contribution in [1.82, 2.24) is 14.8 Å². The zero-order valence-electron chi connectivity index (χ0n) is 18.2. The molecule has 1 aliphatic carbocycles. The van der Waals surface area contributed by atoms with E-state index >= 15 is 0 Å². The fraction of sp³-hybridized carbons (Fsp3) is 0.440. The van der Waals surface area contributed by atoms with Crippen LogP contribution in [0.15, 0.2) is 41.8 Å². The lowest BCUT2D eigenvalue weighted by Crippen LogP contribution is -2.65. The van der Waals surface area contributed by atoms with Gasteiger partial charge >= 0.3 is 0 Å². The molecule has 2 aliphatic rings. The minimum absolute atomic E-state index is 0.0271. The Kier molecular flexibility index (Phi) is 5.13. The molecule has 0 radical (unpaired) electrons. The maximum Gasteiger partial charge on any atom is 0.271 e. The molecule has 1 aromatic carbocycles. The molecule has 2 amide bonds. The molecule has 0 bridgehead atoms. The molecule has 1 N–H and O–H groups in total. The first-order chi connectivity index (χ1) is 15.0. The summed E-state index contributed by atoms with van der Waals surface area (Å²) in [5, 5.41) is 6.39. The van der Waals surface area contributed by atoms with Gasteiger partial charge in [-0.15, -0.1) is 11.3 Å². The average molecular weight is 436 g/mol. The Morgan fingerprint density at radius 3 is 2.68 bits per heavy atom. The Hall–Kier alpha value is -2.60. The number of carbonyl (C=O) groups excluding carboxylic acids is 2. The van der Waals surface area contributed by atoms with Gasteiger partial charge in [0.1, 0.15) is 16.1 Å². The van der Waals surface area contributed by atoms with Gasteiger partial charge in [0, 0.05) is 18.0 Å². The van der Waals surface area contributed by atoms with E-state index in [-0.39, 0.29) is 17.9 Å². The van der Waals surface area contributed by atoms with E-state index in [4.69, 9.17) is 0 Å². The van der Waals surface area contributed by atoms with Gasteiger partial charge in [-0.3, -0.25) is 9.59 Å². The smallest absolute Gasteiger partial charge is 0.271 e. The normalized spacial score (nSPS) is 21.6. The summed E-state index contributed by atoms with van der Waals surface area (Å²) < 4.78 is 2.05. The second-order valence-corrected chi connectivity index (χ2v) is 10.1. The Balaban J connectivity index is 1.48. The number of rotatable bonds is 5. The van der Waals surface area contributed by atoms with Crippen molar-refractivity contribution < 1.29 is 9.59 Å². The number of carbonyl (C=O) groups is 2. The van der Waals surface area contributed by atoms with Crippen molar-refractivity contribution in [2.45, 2.75) is 64.1 Å². The number of thiophene rings is 1. The summed E-state index contributed by atoms with van der Waals surface area (Å²) in [5.41, 5.74) is 2.18. The number of nitrogens with zero attached hydrogens (tertiary/aromatic N) is 2. The van der Waals surface area contributed by atoms with Crippen LogP contribution in [0.1, 0.15) is 54.2 Å². The van der Waals surface area contributed by atoms with Crippen molar-refractivity contribution in [3.8, 4) is 0 Å². The van der Waals surface area contributed by atoms with Crippen molar-refractivity contribution in [3.05, 3.63) is 58.6 Å². The predicted octanol–water partition coefficient (Wildman–Crippen LogP) is 4.53. The molecule has 2 aromatic heterocycles. The average Bonchev–Trinajstić information content (AvgIpc) is 3.48. The van der Waals surface area contributed by atoms with Crippen molar-refractivity contribution in [2.24, 2.45) is 0 Å². The molecule has 6 heteroatoms. The summed E-state index contributed by atoms with van der Waals surface area (Å²) in [7, 11) is 0. The summed E-state index contributed by atoms with van der Waals surface area (Å²) in [4.78, 5) is 30.1. The van der Waals surface area contributed by atoms with E-state index in [1.807, 2.05) is 29.3 Å². The van der Waals surface area contributed by atoms with Gasteiger partial charge in [-0.2, -0.15) is 0 Å². The molecule has 5 nitrogen and oxygen atoms in total. The first kappa shape index (κ1) is 20.3. The zero-order valence-corrected chi connectivity index (χ0v) is 19.0. The number of hydrogen-bond donors (Lipinski definition) is 1. The lowest BCUT2D eigenvalue weighted by molar-refractivity contribution is -0.133. The van der Waals surface area contributed by atoms with Crippen LogP contribution >= 0.6 is 11.3 Å². The van der Waals surface area contributed by atoms with Crippen LogP contribution in [0.2, 0.25) is 0 Å². The highest BCUT2D eigenvalue weighted by atomic mass is 32.1. The molecule has 1 atom stereocenters. The maximum absolute atomic E-state index is 13.6. The topological polar surface area (TPSA) is 54.3 Å². The molecule has 31 heavy (non-hydrogen) atoms. The van der Waals surface area contributed by atoms with Gasteiger partial charge in [0.25, 0.3) is 5.91 Å². The Morgan fingerprint density at radius 2 is 1.94 bits per heavy atom. The molecular weight excluding hydrogens is 406 g/mol. The van der Waals surface area contributed by atoms with E-state index in [2.05, 4.69) is 41.1 Å². The first-order valence-electron chi connectivity index (χ1n) is 11.2. The molecule has 0 saturated heterocycles. The van der Waals surface area contributed by atoms with Crippen LogP contribution in [0.5, 0.6) is 0 Å². The maximum atomic E-state index is 13.6. The van der Waals surface area contributed by atoms with Gasteiger partial charge in [-0.1, -0.05) is 42.7 Å². The number of aromatic nitrogens is 1. The van der Waals surface area contributed by atoms with E-state index < -0.39 is 5.54 Å². The molecular formula is C25H29N3O2S. The quantitative estimate of drug-likeness (QED) is 0.640. The third-order valence-corrected chi connectivity index (χ3v) is 7.90. The molecule has 1 unspecified atom stereocenters. The highest BCUT2D eigenvalue weighted by molar-refractivity contribution is 7.16. The van der Waals surface area contributed by atoms with Crippen LogP contribution in [0.4, 0.5) is 0 Å². The van der Waals surface area contributed by atoms with Crippen LogP contribution in [0.3, 0.4) is 0 Å². The van der Waals surface area contributed by atoms with Crippen molar-refractivity contribution >= 4 is 33.4 Å². The van der Waals surface area contributed by atoms with E-state index in [1.165, 1.54) is 11.1 Å². The van der Waals surface area contributed by atoms with Crippen molar-refractivity contribution in [1.29, 1.82) is 0 Å². The van der Waals surface area contributed by atoms with E-state index in [9.17, 15) is 9.59 Å². The fourth-order valence-corrected chi connectivity index (χ4v) is 5.91. The summed E-state index contributed by atoms with van der Waals surface area (Å²) in [6, 6.07) is 12.7. The van der Waals surface area contributed by atoms with E-state index in [0.29, 0.717) is 18.8 Å². The van der Waals surface area contributed by atoms with Gasteiger partial charge in [0.05, 0.1) is 6.54 Å². The highest BCUT2D eigenvalue weighted by Crippen LogP contribution is 2.35. The zero-order chi connectivity index (χ0) is 21.6. The SMILES string of the molecule is Cc1ccc(CCN2C(=O)c3cc4ccsc4n3CC2(C)C(=O)NC2CCCC2)cc1. The number of hydrogen-bond acceptors (Lipinski definition) is 3. The molecule has 1 saturated carbocycles. The predicted molar refractivity (Wildman–Crippen MR) is 125 cm³/mol. The molecule has 162 valence electrons. The van der Waals surface area contributed by atoms with E-state index in [0.717, 1.165) is 42.3 Å². The Morgan fingerprint density at radius 1 is 1.19 bits per heavy atom. The molecule has 3 heterocycles. The monoisotopic (exact) mass is 435 g/mol. The lowest BCUT2D eigenvalue weighted by Gasteiger charge is -2.44. The molecule has 3 aromatic rings. The van der Waals surface area contributed by atoms with Crippen molar-refractivity contribution in [3.63, 3.8) is 0 Å². The van der Waals surface area contributed by atoms with Crippen LogP contribution in [0, 0.1) is 6.92 Å². The number of aryl methyl sites for hydroxylation is 1.